The summed E-state index contributed by atoms with van der Waals surface area (Å²) in [6, 6.07) is 5.40. The second-order valence-electron chi connectivity index (χ2n) is 5.80. The second kappa shape index (κ2) is 7.79. The summed E-state index contributed by atoms with van der Waals surface area (Å²) in [6.45, 7) is 9.72. The number of hydrogen-bond donors (Lipinski definition) is 0. The van der Waals surface area contributed by atoms with Crippen LogP contribution in [0.1, 0.15) is 19.4 Å². The van der Waals surface area contributed by atoms with Crippen LogP contribution in [0, 0.1) is 6.92 Å². The zero-order valence-electron chi connectivity index (χ0n) is 14.0. The van der Waals surface area contributed by atoms with Gasteiger partial charge in [-0.05, 0) is 31.2 Å². The predicted octanol–water partition coefficient (Wildman–Crippen LogP) is 2.17. The number of carbonyl (C=O) groups is 2. The molecule has 1 fully saturated rings. The third-order valence-corrected chi connectivity index (χ3v) is 4.79. The maximum Gasteiger partial charge on any atom is 0.242 e. The van der Waals surface area contributed by atoms with Crippen LogP contribution in [0.4, 0.5) is 5.69 Å². The quantitative estimate of drug-likeness (QED) is 0.845. The number of amides is 2. The Morgan fingerprint density at radius 3 is 2.43 bits per heavy atom. The zero-order chi connectivity index (χ0) is 17.0. The lowest BCUT2D eigenvalue weighted by molar-refractivity contribution is -0.132. The largest absolute Gasteiger partial charge is 0.339 e. The smallest absolute Gasteiger partial charge is 0.242 e. The predicted molar refractivity (Wildman–Crippen MR) is 92.9 cm³/mol. The molecule has 5 nitrogen and oxygen atoms in total. The average molecular weight is 338 g/mol. The Bertz CT molecular complexity index is 583. The minimum Gasteiger partial charge on any atom is -0.339 e. The molecule has 0 saturated carbocycles. The number of carbonyl (C=O) groups excluding carboxylic acids is 2. The summed E-state index contributed by atoms with van der Waals surface area (Å²) in [5, 5.41) is 0.595. The summed E-state index contributed by atoms with van der Waals surface area (Å²) in [5.74, 6) is -0.175. The van der Waals surface area contributed by atoms with E-state index in [-0.39, 0.29) is 18.4 Å². The number of likely N-dealkylation sites (N-methyl/N-ethyl adjacent to an activating group) is 1. The summed E-state index contributed by atoms with van der Waals surface area (Å²) in [5.41, 5.74) is 1.51. The SMILES string of the molecule is CCN1CCN(C(=O)CN(C(C)=O)c2cccc(Cl)c2C)CC1. The number of halogens is 1. The first kappa shape index (κ1) is 17.8. The van der Waals surface area contributed by atoms with Crippen LogP contribution in [0.15, 0.2) is 18.2 Å². The number of piperazine rings is 1. The minimum atomic E-state index is -0.157. The Labute approximate surface area is 142 Å². The van der Waals surface area contributed by atoms with Gasteiger partial charge in [-0.25, -0.2) is 0 Å². The van der Waals surface area contributed by atoms with Gasteiger partial charge in [0.15, 0.2) is 0 Å². The highest BCUT2D eigenvalue weighted by Gasteiger charge is 2.24. The molecule has 2 amide bonds. The maximum atomic E-state index is 12.6. The molecule has 0 aromatic heterocycles. The summed E-state index contributed by atoms with van der Waals surface area (Å²) in [6.07, 6.45) is 0. The molecule has 1 aromatic carbocycles. The fourth-order valence-electron chi connectivity index (χ4n) is 2.80. The number of hydrogen-bond acceptors (Lipinski definition) is 3. The molecule has 0 N–H and O–H groups in total. The van der Waals surface area contributed by atoms with Crippen molar-refractivity contribution in [2.45, 2.75) is 20.8 Å². The van der Waals surface area contributed by atoms with Crippen LogP contribution in [0.5, 0.6) is 0 Å². The number of benzene rings is 1. The molecule has 1 aliphatic rings. The molecule has 0 radical (unpaired) electrons. The monoisotopic (exact) mass is 337 g/mol. The molecule has 1 saturated heterocycles. The molecule has 1 heterocycles. The van der Waals surface area contributed by atoms with Crippen LogP contribution < -0.4 is 4.90 Å². The Kier molecular flexibility index (Phi) is 6.02. The van der Waals surface area contributed by atoms with Gasteiger partial charge in [0.05, 0.1) is 0 Å². The van der Waals surface area contributed by atoms with Gasteiger partial charge in [0, 0.05) is 43.8 Å². The standard InChI is InChI=1S/C17H24ClN3O2/c1-4-19-8-10-20(11-9-19)17(23)12-21(14(3)22)16-7-5-6-15(18)13(16)2/h5-7H,4,8-12H2,1-3H3. The van der Waals surface area contributed by atoms with Crippen molar-refractivity contribution in [3.8, 4) is 0 Å². The van der Waals surface area contributed by atoms with E-state index in [1.165, 1.54) is 11.8 Å². The minimum absolute atomic E-state index is 0.0182. The van der Waals surface area contributed by atoms with E-state index in [1.807, 2.05) is 17.9 Å². The van der Waals surface area contributed by atoms with Gasteiger partial charge in [0.2, 0.25) is 11.8 Å². The fraction of sp³-hybridized carbons (Fsp3) is 0.529. The molecule has 2 rings (SSSR count). The summed E-state index contributed by atoms with van der Waals surface area (Å²) >= 11 is 6.14. The highest BCUT2D eigenvalue weighted by molar-refractivity contribution is 6.31. The van der Waals surface area contributed by atoms with E-state index < -0.39 is 0 Å². The summed E-state index contributed by atoms with van der Waals surface area (Å²) in [7, 11) is 0. The van der Waals surface area contributed by atoms with Crippen molar-refractivity contribution in [1.29, 1.82) is 0 Å². The van der Waals surface area contributed by atoms with E-state index >= 15 is 0 Å². The van der Waals surface area contributed by atoms with Crippen molar-refractivity contribution in [1.82, 2.24) is 9.80 Å². The molecule has 6 heteroatoms. The van der Waals surface area contributed by atoms with Crippen molar-refractivity contribution in [3.63, 3.8) is 0 Å². The Morgan fingerprint density at radius 1 is 1.22 bits per heavy atom. The molecule has 23 heavy (non-hydrogen) atoms. The van der Waals surface area contributed by atoms with E-state index in [1.54, 1.807) is 12.1 Å². The van der Waals surface area contributed by atoms with Crippen molar-refractivity contribution in [2.24, 2.45) is 0 Å². The fourth-order valence-corrected chi connectivity index (χ4v) is 2.97. The van der Waals surface area contributed by atoms with Crippen LogP contribution in [-0.4, -0.2) is 60.9 Å². The molecule has 1 aliphatic heterocycles. The summed E-state index contributed by atoms with van der Waals surface area (Å²) in [4.78, 5) is 30.2. The lowest BCUT2D eigenvalue weighted by Gasteiger charge is -2.35. The highest BCUT2D eigenvalue weighted by Crippen LogP contribution is 2.26. The molecule has 1 aromatic rings. The molecular formula is C17H24ClN3O2. The third-order valence-electron chi connectivity index (χ3n) is 4.38. The summed E-state index contributed by atoms with van der Waals surface area (Å²) < 4.78 is 0. The number of anilines is 1. The van der Waals surface area contributed by atoms with E-state index in [4.69, 9.17) is 11.6 Å². The second-order valence-corrected chi connectivity index (χ2v) is 6.21. The number of rotatable bonds is 4. The Morgan fingerprint density at radius 2 is 1.87 bits per heavy atom. The van der Waals surface area contributed by atoms with Crippen molar-refractivity contribution in [2.75, 3.05) is 44.2 Å². The molecule has 0 bridgehead atoms. The van der Waals surface area contributed by atoms with Crippen LogP contribution in [-0.2, 0) is 9.59 Å². The van der Waals surface area contributed by atoms with Gasteiger partial charge in [-0.1, -0.05) is 24.6 Å². The van der Waals surface area contributed by atoms with Crippen molar-refractivity contribution >= 4 is 29.1 Å². The molecule has 0 aliphatic carbocycles. The molecule has 0 unspecified atom stereocenters. The first-order valence-corrected chi connectivity index (χ1v) is 8.35. The van der Waals surface area contributed by atoms with Gasteiger partial charge in [-0.15, -0.1) is 0 Å². The first-order valence-electron chi connectivity index (χ1n) is 7.97. The van der Waals surface area contributed by atoms with Crippen LogP contribution in [0.3, 0.4) is 0 Å². The topological polar surface area (TPSA) is 43.9 Å². The first-order chi connectivity index (χ1) is 10.9. The van der Waals surface area contributed by atoms with Gasteiger partial charge >= 0.3 is 0 Å². The van der Waals surface area contributed by atoms with Gasteiger partial charge in [0.1, 0.15) is 6.54 Å². The molecule has 0 atom stereocenters. The highest BCUT2D eigenvalue weighted by atomic mass is 35.5. The van der Waals surface area contributed by atoms with Crippen LogP contribution in [0.25, 0.3) is 0 Å². The van der Waals surface area contributed by atoms with E-state index in [0.29, 0.717) is 23.8 Å². The molecule has 126 valence electrons. The van der Waals surface area contributed by atoms with Gasteiger partial charge in [-0.3, -0.25) is 9.59 Å². The number of nitrogens with zero attached hydrogens (tertiary/aromatic N) is 3. The Balaban J connectivity index is 2.10. The maximum absolute atomic E-state index is 12.6. The van der Waals surface area contributed by atoms with Crippen LogP contribution in [0.2, 0.25) is 5.02 Å². The van der Waals surface area contributed by atoms with Crippen LogP contribution >= 0.6 is 11.6 Å². The average Bonchev–Trinajstić information content (AvgIpc) is 2.55. The lowest BCUT2D eigenvalue weighted by atomic mass is 10.1. The van der Waals surface area contributed by atoms with Gasteiger partial charge < -0.3 is 14.7 Å². The van der Waals surface area contributed by atoms with Crippen molar-refractivity contribution in [3.05, 3.63) is 28.8 Å². The lowest BCUT2D eigenvalue weighted by Crippen LogP contribution is -2.51. The van der Waals surface area contributed by atoms with Gasteiger partial charge in [0.25, 0.3) is 0 Å². The zero-order valence-corrected chi connectivity index (χ0v) is 14.8. The van der Waals surface area contributed by atoms with Gasteiger partial charge in [-0.2, -0.15) is 0 Å². The molecule has 0 spiro atoms. The third kappa shape index (κ3) is 4.24. The normalized spacial score (nSPS) is 15.6. The van der Waals surface area contributed by atoms with E-state index in [2.05, 4.69) is 11.8 Å². The van der Waals surface area contributed by atoms with Crippen molar-refractivity contribution < 1.29 is 9.59 Å². The Hall–Kier alpha value is -1.59. The van der Waals surface area contributed by atoms with E-state index in [9.17, 15) is 9.59 Å². The molecular weight excluding hydrogens is 314 g/mol. The van der Waals surface area contributed by atoms with E-state index in [0.717, 1.165) is 25.2 Å².